The Balaban J connectivity index is 2.12. The first kappa shape index (κ1) is 10.6. The van der Waals surface area contributed by atoms with Crippen LogP contribution in [0.1, 0.15) is 57.7 Å². The Morgan fingerprint density at radius 3 is 2.53 bits per heavy atom. The van der Waals surface area contributed by atoms with Gasteiger partial charge < -0.3 is 5.73 Å². The molecule has 1 heterocycles. The average molecular weight is 208 g/mol. The van der Waals surface area contributed by atoms with Crippen LogP contribution >= 0.6 is 0 Å². The van der Waals surface area contributed by atoms with Gasteiger partial charge in [-0.3, -0.25) is 0 Å². The van der Waals surface area contributed by atoms with Crippen LogP contribution in [0.2, 0.25) is 0 Å². The fourth-order valence-corrected chi connectivity index (χ4v) is 2.10. The Hall–Kier alpha value is -0.900. The van der Waals surface area contributed by atoms with Crippen LogP contribution in [0.4, 0.5) is 0 Å². The molecule has 1 aliphatic carbocycles. The third-order valence-corrected chi connectivity index (χ3v) is 3.12. The van der Waals surface area contributed by atoms with E-state index in [1.807, 2.05) is 24.7 Å². The predicted molar refractivity (Wildman–Crippen MR) is 59.4 cm³/mol. The third kappa shape index (κ3) is 2.37. The number of aromatic nitrogens is 3. The van der Waals surface area contributed by atoms with Gasteiger partial charge in [-0.15, -0.1) is 5.10 Å². The molecule has 0 aliphatic heterocycles. The summed E-state index contributed by atoms with van der Waals surface area (Å²) in [5.41, 5.74) is 6.48. The molecule has 1 aromatic heterocycles. The SMILES string of the molecule is CC(C)(N)c1cn(C2CCCCC2)nn1. The van der Waals surface area contributed by atoms with E-state index in [1.165, 1.54) is 32.1 Å². The second-order valence-corrected chi connectivity index (χ2v) is 5.10. The van der Waals surface area contributed by atoms with Crippen molar-refractivity contribution in [3.63, 3.8) is 0 Å². The molecule has 4 nitrogen and oxygen atoms in total. The minimum Gasteiger partial charge on any atom is -0.320 e. The second kappa shape index (κ2) is 3.93. The maximum atomic E-state index is 5.98. The van der Waals surface area contributed by atoms with E-state index >= 15 is 0 Å². The molecule has 0 bridgehead atoms. The molecule has 2 N–H and O–H groups in total. The molecule has 0 aromatic carbocycles. The maximum Gasteiger partial charge on any atom is 0.102 e. The third-order valence-electron chi connectivity index (χ3n) is 3.12. The van der Waals surface area contributed by atoms with Crippen molar-refractivity contribution in [1.29, 1.82) is 0 Å². The van der Waals surface area contributed by atoms with E-state index < -0.39 is 0 Å². The summed E-state index contributed by atoms with van der Waals surface area (Å²) in [5.74, 6) is 0. The molecule has 84 valence electrons. The van der Waals surface area contributed by atoms with Crippen LogP contribution in [0.3, 0.4) is 0 Å². The summed E-state index contributed by atoms with van der Waals surface area (Å²) in [6.07, 6.45) is 8.45. The van der Waals surface area contributed by atoms with Crippen molar-refractivity contribution in [3.8, 4) is 0 Å². The van der Waals surface area contributed by atoms with Gasteiger partial charge in [0.25, 0.3) is 0 Å². The van der Waals surface area contributed by atoms with Crippen LogP contribution in [0, 0.1) is 0 Å². The number of hydrogen-bond acceptors (Lipinski definition) is 3. The van der Waals surface area contributed by atoms with Gasteiger partial charge in [0, 0.05) is 0 Å². The number of nitrogens with two attached hydrogens (primary N) is 1. The molecular formula is C11H20N4. The molecule has 0 spiro atoms. The molecule has 0 amide bonds. The van der Waals surface area contributed by atoms with Crippen LogP contribution in [0.25, 0.3) is 0 Å². The van der Waals surface area contributed by atoms with Crippen molar-refractivity contribution >= 4 is 0 Å². The molecule has 0 atom stereocenters. The van der Waals surface area contributed by atoms with Crippen LogP contribution in [-0.2, 0) is 5.54 Å². The molecular weight excluding hydrogens is 188 g/mol. The molecule has 1 aliphatic rings. The zero-order chi connectivity index (χ0) is 10.9. The van der Waals surface area contributed by atoms with E-state index in [9.17, 15) is 0 Å². The zero-order valence-electron chi connectivity index (χ0n) is 9.61. The molecule has 1 fully saturated rings. The Bertz CT molecular complexity index is 318. The lowest BCUT2D eigenvalue weighted by Crippen LogP contribution is -2.29. The van der Waals surface area contributed by atoms with Gasteiger partial charge in [-0.05, 0) is 26.7 Å². The smallest absolute Gasteiger partial charge is 0.102 e. The second-order valence-electron chi connectivity index (χ2n) is 5.10. The van der Waals surface area contributed by atoms with Crippen molar-refractivity contribution in [3.05, 3.63) is 11.9 Å². The van der Waals surface area contributed by atoms with Crippen molar-refractivity contribution in [2.75, 3.05) is 0 Å². The van der Waals surface area contributed by atoms with Gasteiger partial charge in [0.2, 0.25) is 0 Å². The summed E-state index contributed by atoms with van der Waals surface area (Å²) in [4.78, 5) is 0. The highest BCUT2D eigenvalue weighted by atomic mass is 15.4. The molecule has 0 saturated heterocycles. The van der Waals surface area contributed by atoms with E-state index in [0.717, 1.165) is 5.69 Å². The highest BCUT2D eigenvalue weighted by Gasteiger charge is 2.21. The van der Waals surface area contributed by atoms with Crippen LogP contribution < -0.4 is 5.73 Å². The van der Waals surface area contributed by atoms with E-state index in [0.29, 0.717) is 6.04 Å². The Morgan fingerprint density at radius 1 is 1.33 bits per heavy atom. The summed E-state index contributed by atoms with van der Waals surface area (Å²) in [6, 6.07) is 0.544. The normalized spacial score (nSPS) is 19.4. The maximum absolute atomic E-state index is 5.98. The summed E-state index contributed by atoms with van der Waals surface area (Å²) in [5, 5.41) is 8.34. The first-order chi connectivity index (χ1) is 7.07. The van der Waals surface area contributed by atoms with Gasteiger partial charge in [0.05, 0.1) is 17.8 Å². The molecule has 0 unspecified atom stereocenters. The zero-order valence-corrected chi connectivity index (χ0v) is 9.61. The molecule has 4 heteroatoms. The Labute approximate surface area is 90.8 Å². The van der Waals surface area contributed by atoms with Crippen molar-refractivity contribution in [2.24, 2.45) is 5.73 Å². The summed E-state index contributed by atoms with van der Waals surface area (Å²) in [7, 11) is 0. The molecule has 0 radical (unpaired) electrons. The molecule has 1 saturated carbocycles. The lowest BCUT2D eigenvalue weighted by Gasteiger charge is -2.21. The lowest BCUT2D eigenvalue weighted by molar-refractivity contribution is 0.324. The van der Waals surface area contributed by atoms with Gasteiger partial charge in [0.1, 0.15) is 5.69 Å². The van der Waals surface area contributed by atoms with Gasteiger partial charge in [-0.25, -0.2) is 4.68 Å². The molecule has 15 heavy (non-hydrogen) atoms. The first-order valence-corrected chi connectivity index (χ1v) is 5.78. The van der Waals surface area contributed by atoms with Crippen molar-refractivity contribution in [2.45, 2.75) is 57.5 Å². The molecule has 1 aromatic rings. The van der Waals surface area contributed by atoms with Gasteiger partial charge >= 0.3 is 0 Å². The standard InChI is InChI=1S/C11H20N4/c1-11(2,12)10-8-15(14-13-10)9-6-4-3-5-7-9/h8-9H,3-7,12H2,1-2H3. The van der Waals surface area contributed by atoms with Gasteiger partial charge in [-0.2, -0.15) is 0 Å². The quantitative estimate of drug-likeness (QED) is 0.808. The number of nitrogens with zero attached hydrogens (tertiary/aromatic N) is 3. The van der Waals surface area contributed by atoms with E-state index in [-0.39, 0.29) is 5.54 Å². The highest BCUT2D eigenvalue weighted by Crippen LogP contribution is 2.27. The predicted octanol–water partition coefficient (Wildman–Crippen LogP) is 1.98. The van der Waals surface area contributed by atoms with Crippen LogP contribution in [0.5, 0.6) is 0 Å². The Morgan fingerprint density at radius 2 is 2.00 bits per heavy atom. The number of rotatable bonds is 2. The monoisotopic (exact) mass is 208 g/mol. The van der Waals surface area contributed by atoms with E-state index in [4.69, 9.17) is 5.73 Å². The van der Waals surface area contributed by atoms with Crippen LogP contribution in [0.15, 0.2) is 6.20 Å². The summed E-state index contributed by atoms with van der Waals surface area (Å²) >= 11 is 0. The minimum absolute atomic E-state index is 0.382. The molecule has 2 rings (SSSR count). The summed E-state index contributed by atoms with van der Waals surface area (Å²) < 4.78 is 2.00. The lowest BCUT2D eigenvalue weighted by atomic mass is 9.95. The average Bonchev–Trinajstić information content (AvgIpc) is 2.67. The van der Waals surface area contributed by atoms with Crippen LogP contribution in [-0.4, -0.2) is 15.0 Å². The van der Waals surface area contributed by atoms with Crippen molar-refractivity contribution < 1.29 is 0 Å². The Kier molecular flexibility index (Phi) is 2.78. The van der Waals surface area contributed by atoms with Gasteiger partial charge in [-0.1, -0.05) is 24.5 Å². The largest absolute Gasteiger partial charge is 0.320 e. The minimum atomic E-state index is -0.382. The van der Waals surface area contributed by atoms with E-state index in [2.05, 4.69) is 10.3 Å². The highest BCUT2D eigenvalue weighted by molar-refractivity contribution is 5.06. The van der Waals surface area contributed by atoms with E-state index in [1.54, 1.807) is 0 Å². The first-order valence-electron chi connectivity index (χ1n) is 5.78. The topological polar surface area (TPSA) is 56.7 Å². The summed E-state index contributed by atoms with van der Waals surface area (Å²) in [6.45, 7) is 3.92. The fourth-order valence-electron chi connectivity index (χ4n) is 2.10. The van der Waals surface area contributed by atoms with Gasteiger partial charge in [0.15, 0.2) is 0 Å². The van der Waals surface area contributed by atoms with Crippen molar-refractivity contribution in [1.82, 2.24) is 15.0 Å². The fraction of sp³-hybridized carbons (Fsp3) is 0.818. The number of hydrogen-bond donors (Lipinski definition) is 1.